The van der Waals surface area contributed by atoms with Crippen LogP contribution in [0.3, 0.4) is 0 Å². The molecular weight excluding hydrogens is 352 g/mol. The second-order valence-corrected chi connectivity index (χ2v) is 5.30. The summed E-state index contributed by atoms with van der Waals surface area (Å²) in [5, 5.41) is 9.62. The van der Waals surface area contributed by atoms with Crippen molar-refractivity contribution in [1.29, 1.82) is 0 Å². The maximum absolute atomic E-state index is 11.9. The molecule has 0 spiro atoms. The van der Waals surface area contributed by atoms with E-state index in [1.54, 1.807) is 30.3 Å². The molecule has 22 heavy (non-hydrogen) atoms. The third-order valence-electron chi connectivity index (χ3n) is 2.92. The van der Waals surface area contributed by atoms with Crippen molar-refractivity contribution in [2.24, 2.45) is 0 Å². The van der Waals surface area contributed by atoms with E-state index >= 15 is 0 Å². The predicted octanol–water partition coefficient (Wildman–Crippen LogP) is 3.20. The fourth-order valence-corrected chi connectivity index (χ4v) is 2.10. The van der Waals surface area contributed by atoms with Crippen molar-refractivity contribution < 1.29 is 24.2 Å². The zero-order valence-corrected chi connectivity index (χ0v) is 13.3. The van der Waals surface area contributed by atoms with E-state index in [0.29, 0.717) is 15.8 Å². The van der Waals surface area contributed by atoms with Gasteiger partial charge in [-0.1, -0.05) is 15.9 Å². The molecular formula is C16H13BrO5. The Labute approximate surface area is 135 Å². The van der Waals surface area contributed by atoms with Crippen LogP contribution in [-0.4, -0.2) is 30.6 Å². The molecule has 0 saturated carbocycles. The van der Waals surface area contributed by atoms with Gasteiger partial charge in [0.2, 0.25) is 0 Å². The molecule has 0 radical (unpaired) electrons. The number of rotatable bonds is 5. The first kappa shape index (κ1) is 16.0. The van der Waals surface area contributed by atoms with Crippen molar-refractivity contribution >= 4 is 27.7 Å². The number of phenolic OH excluding ortho intramolecular Hbond substituents is 1. The number of ether oxygens (including phenoxy) is 2. The van der Waals surface area contributed by atoms with Crippen molar-refractivity contribution in [2.75, 3.05) is 13.7 Å². The predicted molar refractivity (Wildman–Crippen MR) is 83.4 cm³/mol. The van der Waals surface area contributed by atoms with Crippen molar-refractivity contribution in [1.82, 2.24) is 0 Å². The van der Waals surface area contributed by atoms with Gasteiger partial charge in [-0.3, -0.25) is 4.79 Å². The van der Waals surface area contributed by atoms with Crippen LogP contribution in [0, 0.1) is 0 Å². The highest BCUT2D eigenvalue weighted by atomic mass is 79.9. The highest BCUT2D eigenvalue weighted by molar-refractivity contribution is 9.10. The quantitative estimate of drug-likeness (QED) is 0.651. The van der Waals surface area contributed by atoms with Crippen LogP contribution in [0.15, 0.2) is 46.9 Å². The average Bonchev–Trinajstić information content (AvgIpc) is 2.54. The summed E-state index contributed by atoms with van der Waals surface area (Å²) in [5.74, 6) is -0.677. The van der Waals surface area contributed by atoms with E-state index < -0.39 is 12.6 Å². The van der Waals surface area contributed by atoms with E-state index in [1.165, 1.54) is 19.2 Å². The third kappa shape index (κ3) is 3.85. The SMILES string of the molecule is COc1ccc(C(=O)COC(=O)c2cc(Br)ccc2O)cc1. The number of benzene rings is 2. The van der Waals surface area contributed by atoms with E-state index in [2.05, 4.69) is 15.9 Å². The molecule has 114 valence electrons. The monoisotopic (exact) mass is 364 g/mol. The molecule has 0 atom stereocenters. The lowest BCUT2D eigenvalue weighted by Crippen LogP contribution is -2.14. The summed E-state index contributed by atoms with van der Waals surface area (Å²) in [5.41, 5.74) is 0.406. The minimum absolute atomic E-state index is 0.00286. The Balaban J connectivity index is 2.00. The van der Waals surface area contributed by atoms with Crippen molar-refractivity contribution in [2.45, 2.75) is 0 Å². The number of carbonyl (C=O) groups is 2. The Morgan fingerprint density at radius 1 is 1.14 bits per heavy atom. The molecule has 1 N–H and O–H groups in total. The molecule has 2 aromatic carbocycles. The Morgan fingerprint density at radius 2 is 1.82 bits per heavy atom. The number of aromatic hydroxyl groups is 1. The molecule has 2 aromatic rings. The first-order chi connectivity index (χ1) is 10.5. The van der Waals surface area contributed by atoms with Crippen molar-refractivity contribution in [3.05, 3.63) is 58.1 Å². The maximum Gasteiger partial charge on any atom is 0.342 e. The Kier molecular flexibility index (Phi) is 5.16. The lowest BCUT2D eigenvalue weighted by atomic mass is 10.1. The number of Topliss-reactive ketones (excluding diaryl/α,β-unsaturated/α-hetero) is 1. The zero-order chi connectivity index (χ0) is 16.1. The van der Waals surface area contributed by atoms with Crippen molar-refractivity contribution in [3.8, 4) is 11.5 Å². The lowest BCUT2D eigenvalue weighted by Gasteiger charge is -2.07. The highest BCUT2D eigenvalue weighted by Crippen LogP contribution is 2.22. The molecule has 0 aliphatic heterocycles. The molecule has 0 aliphatic carbocycles. The summed E-state index contributed by atoms with van der Waals surface area (Å²) in [4.78, 5) is 23.8. The zero-order valence-electron chi connectivity index (χ0n) is 11.7. The van der Waals surface area contributed by atoms with E-state index in [-0.39, 0.29) is 17.1 Å². The number of methoxy groups -OCH3 is 1. The average molecular weight is 365 g/mol. The molecule has 0 bridgehead atoms. The van der Waals surface area contributed by atoms with E-state index in [4.69, 9.17) is 9.47 Å². The topological polar surface area (TPSA) is 72.8 Å². The minimum Gasteiger partial charge on any atom is -0.507 e. The maximum atomic E-state index is 11.9. The van der Waals surface area contributed by atoms with Crippen LogP contribution in [-0.2, 0) is 4.74 Å². The molecule has 5 nitrogen and oxygen atoms in total. The Bertz CT molecular complexity index is 694. The molecule has 0 fully saturated rings. The largest absolute Gasteiger partial charge is 0.507 e. The van der Waals surface area contributed by atoms with Gasteiger partial charge in [-0.15, -0.1) is 0 Å². The number of esters is 1. The van der Waals surface area contributed by atoms with Crippen LogP contribution in [0.5, 0.6) is 11.5 Å². The number of carbonyl (C=O) groups excluding carboxylic acids is 2. The van der Waals surface area contributed by atoms with Crippen LogP contribution >= 0.6 is 15.9 Å². The Hall–Kier alpha value is -2.34. The second kappa shape index (κ2) is 7.09. The van der Waals surface area contributed by atoms with Gasteiger partial charge in [0, 0.05) is 10.0 Å². The fraction of sp³-hybridized carbons (Fsp3) is 0.125. The van der Waals surface area contributed by atoms with Gasteiger partial charge in [0.25, 0.3) is 0 Å². The number of phenols is 1. The summed E-state index contributed by atoms with van der Waals surface area (Å²) in [6.45, 7) is -0.406. The van der Waals surface area contributed by atoms with E-state index in [0.717, 1.165) is 0 Å². The molecule has 0 aromatic heterocycles. The third-order valence-corrected chi connectivity index (χ3v) is 3.42. The summed E-state index contributed by atoms with van der Waals surface area (Å²) >= 11 is 3.20. The number of ketones is 1. The molecule has 2 rings (SSSR count). The van der Waals surface area contributed by atoms with Gasteiger partial charge in [-0.25, -0.2) is 4.79 Å². The summed E-state index contributed by atoms with van der Waals surface area (Å²) < 4.78 is 10.6. The molecule has 0 aliphatic rings. The van der Waals surface area contributed by atoms with Crippen LogP contribution < -0.4 is 4.74 Å². The van der Waals surface area contributed by atoms with Crippen LogP contribution in [0.4, 0.5) is 0 Å². The molecule has 6 heteroatoms. The van der Waals surface area contributed by atoms with E-state index in [9.17, 15) is 14.7 Å². The standard InChI is InChI=1S/C16H13BrO5/c1-21-12-5-2-10(3-6-12)15(19)9-22-16(20)13-8-11(17)4-7-14(13)18/h2-8,18H,9H2,1H3. The Morgan fingerprint density at radius 3 is 2.45 bits per heavy atom. The van der Waals surface area contributed by atoms with Gasteiger partial charge in [0.1, 0.15) is 17.1 Å². The van der Waals surface area contributed by atoms with Gasteiger partial charge in [0.15, 0.2) is 12.4 Å². The lowest BCUT2D eigenvalue weighted by molar-refractivity contribution is 0.0471. The number of hydrogen-bond donors (Lipinski definition) is 1. The van der Waals surface area contributed by atoms with Gasteiger partial charge >= 0.3 is 5.97 Å². The molecule has 0 amide bonds. The first-order valence-electron chi connectivity index (χ1n) is 6.34. The summed E-state index contributed by atoms with van der Waals surface area (Å²) in [7, 11) is 1.53. The van der Waals surface area contributed by atoms with Crippen LogP contribution in [0.1, 0.15) is 20.7 Å². The van der Waals surface area contributed by atoms with E-state index in [1.807, 2.05) is 0 Å². The van der Waals surface area contributed by atoms with Crippen LogP contribution in [0.2, 0.25) is 0 Å². The molecule has 0 heterocycles. The van der Waals surface area contributed by atoms with Gasteiger partial charge < -0.3 is 14.6 Å². The molecule has 0 unspecified atom stereocenters. The van der Waals surface area contributed by atoms with Gasteiger partial charge in [0.05, 0.1) is 7.11 Å². The fourth-order valence-electron chi connectivity index (χ4n) is 1.74. The summed E-state index contributed by atoms with van der Waals surface area (Å²) in [6.07, 6.45) is 0. The van der Waals surface area contributed by atoms with Crippen LogP contribution in [0.25, 0.3) is 0 Å². The second-order valence-electron chi connectivity index (χ2n) is 4.39. The minimum atomic E-state index is -0.763. The normalized spacial score (nSPS) is 10.1. The number of hydrogen-bond acceptors (Lipinski definition) is 5. The van der Waals surface area contributed by atoms with Gasteiger partial charge in [-0.2, -0.15) is 0 Å². The highest BCUT2D eigenvalue weighted by Gasteiger charge is 2.15. The first-order valence-corrected chi connectivity index (χ1v) is 7.13. The van der Waals surface area contributed by atoms with Crippen molar-refractivity contribution in [3.63, 3.8) is 0 Å². The molecule has 0 saturated heterocycles. The number of halogens is 1. The summed E-state index contributed by atoms with van der Waals surface area (Å²) in [6, 6.07) is 10.9. The van der Waals surface area contributed by atoms with Gasteiger partial charge in [-0.05, 0) is 42.5 Å². The smallest absolute Gasteiger partial charge is 0.342 e.